The van der Waals surface area contributed by atoms with Crippen LogP contribution in [0.2, 0.25) is 0 Å². The van der Waals surface area contributed by atoms with E-state index < -0.39 is 0 Å². The fraction of sp³-hybridized carbons (Fsp3) is 0.214. The first-order valence-electron chi connectivity index (χ1n) is 6.15. The summed E-state index contributed by atoms with van der Waals surface area (Å²) in [5.41, 5.74) is 4.54. The number of hydrazone groups is 1. The third-order valence-electron chi connectivity index (χ3n) is 2.95. The molecule has 1 aromatic carbocycles. The average molecular weight is 321 g/mol. The fourth-order valence-electron chi connectivity index (χ4n) is 1.99. The van der Waals surface area contributed by atoms with Crippen LogP contribution in [0.5, 0.6) is 5.75 Å². The van der Waals surface area contributed by atoms with Gasteiger partial charge in [-0.1, -0.05) is 30.1 Å². The number of rotatable bonds is 4. The van der Waals surface area contributed by atoms with Crippen LogP contribution in [0.25, 0.3) is 0 Å². The number of ether oxygens (including phenoxy) is 1. The van der Waals surface area contributed by atoms with Gasteiger partial charge in [0.15, 0.2) is 10.0 Å². The Kier molecular flexibility index (Phi) is 4.98. The summed E-state index contributed by atoms with van der Waals surface area (Å²) in [6, 6.07) is 5.44. The van der Waals surface area contributed by atoms with Gasteiger partial charge < -0.3 is 9.64 Å². The van der Waals surface area contributed by atoms with Gasteiger partial charge in [-0.3, -0.25) is 10.2 Å². The Morgan fingerprint density at radius 1 is 1.62 bits per heavy atom. The predicted octanol–water partition coefficient (Wildman–Crippen LogP) is 2.17. The summed E-state index contributed by atoms with van der Waals surface area (Å²) in [5.74, 6) is 0.483. The van der Waals surface area contributed by atoms with Crippen LogP contribution < -0.4 is 15.1 Å². The summed E-state index contributed by atoms with van der Waals surface area (Å²) >= 11 is 6.39. The number of thiocarbonyl (C=S) groups is 1. The molecule has 0 aliphatic carbocycles. The van der Waals surface area contributed by atoms with Crippen molar-refractivity contribution < 1.29 is 9.53 Å². The van der Waals surface area contributed by atoms with Crippen molar-refractivity contribution in [3.8, 4) is 5.75 Å². The standard InChI is InChI=1S/C14H15N3O2S2/c1-4-7-17-11-6-5-9(19-2)8-10(11)12(13(17)18)15-16-14(20)21-3/h4-6,8H,1,7H2,2-3H3,(H,16,20). The number of benzene rings is 1. The topological polar surface area (TPSA) is 53.9 Å². The second kappa shape index (κ2) is 6.73. The number of methoxy groups -OCH3 is 1. The van der Waals surface area contributed by atoms with E-state index in [1.54, 1.807) is 24.2 Å². The van der Waals surface area contributed by atoms with Crippen molar-refractivity contribution in [1.82, 2.24) is 5.43 Å². The highest BCUT2D eigenvalue weighted by Crippen LogP contribution is 2.32. The van der Waals surface area contributed by atoms with Crippen molar-refractivity contribution in [2.75, 3.05) is 24.8 Å². The van der Waals surface area contributed by atoms with Crippen LogP contribution in [0.3, 0.4) is 0 Å². The lowest BCUT2D eigenvalue weighted by molar-refractivity contribution is -0.112. The first-order chi connectivity index (χ1) is 10.1. The zero-order valence-electron chi connectivity index (χ0n) is 11.8. The van der Waals surface area contributed by atoms with Crippen molar-refractivity contribution in [3.63, 3.8) is 0 Å². The van der Waals surface area contributed by atoms with Crippen molar-refractivity contribution in [2.45, 2.75) is 0 Å². The van der Waals surface area contributed by atoms with Gasteiger partial charge in [0.05, 0.1) is 12.8 Å². The molecule has 21 heavy (non-hydrogen) atoms. The molecule has 0 spiro atoms. The Hall–Kier alpha value is -1.86. The number of nitrogens with one attached hydrogen (secondary N) is 1. The maximum absolute atomic E-state index is 12.5. The van der Waals surface area contributed by atoms with E-state index in [9.17, 15) is 4.79 Å². The summed E-state index contributed by atoms with van der Waals surface area (Å²) < 4.78 is 5.71. The summed E-state index contributed by atoms with van der Waals surface area (Å²) in [4.78, 5) is 14.1. The minimum absolute atomic E-state index is 0.186. The molecule has 0 unspecified atom stereocenters. The molecule has 5 nitrogen and oxygen atoms in total. The smallest absolute Gasteiger partial charge is 0.279 e. The maximum atomic E-state index is 12.5. The Balaban J connectivity index is 2.45. The average Bonchev–Trinajstić information content (AvgIpc) is 2.77. The van der Waals surface area contributed by atoms with Crippen LogP contribution in [0.4, 0.5) is 5.69 Å². The number of hydrogen-bond donors (Lipinski definition) is 1. The van der Waals surface area contributed by atoms with Crippen molar-refractivity contribution in [1.29, 1.82) is 0 Å². The van der Waals surface area contributed by atoms with Gasteiger partial charge >= 0.3 is 0 Å². The number of amides is 1. The highest BCUT2D eigenvalue weighted by molar-refractivity contribution is 8.22. The van der Waals surface area contributed by atoms with E-state index in [-0.39, 0.29) is 5.91 Å². The number of nitrogens with zero attached hydrogens (tertiary/aromatic N) is 2. The molecule has 0 saturated heterocycles. The Bertz CT molecular complexity index is 629. The molecule has 1 aromatic rings. The van der Waals surface area contributed by atoms with Crippen LogP contribution in [-0.4, -0.2) is 35.8 Å². The van der Waals surface area contributed by atoms with E-state index in [1.807, 2.05) is 18.4 Å². The van der Waals surface area contributed by atoms with Crippen LogP contribution in [0.15, 0.2) is 36.0 Å². The first kappa shape index (κ1) is 15.5. The Morgan fingerprint density at radius 3 is 3.00 bits per heavy atom. The Labute approximate surface area is 133 Å². The SMILES string of the molecule is C=CCN1C(=O)C(=NNC(=S)SC)c2cc(OC)ccc21. The molecule has 1 aliphatic rings. The monoisotopic (exact) mass is 321 g/mol. The van der Waals surface area contributed by atoms with Gasteiger partial charge in [-0.05, 0) is 24.5 Å². The summed E-state index contributed by atoms with van der Waals surface area (Å²) in [6.07, 6.45) is 3.52. The lowest BCUT2D eigenvalue weighted by Gasteiger charge is -2.14. The minimum atomic E-state index is -0.186. The molecule has 1 amide bonds. The second-order valence-electron chi connectivity index (χ2n) is 4.15. The number of hydrogen-bond acceptors (Lipinski definition) is 5. The number of fused-ring (bicyclic) bond motifs is 1. The number of thioether (sulfide) groups is 1. The molecule has 0 fully saturated rings. The molecule has 1 aliphatic heterocycles. The van der Waals surface area contributed by atoms with E-state index in [4.69, 9.17) is 17.0 Å². The van der Waals surface area contributed by atoms with Gasteiger partial charge in [-0.25, -0.2) is 0 Å². The molecule has 7 heteroatoms. The first-order valence-corrected chi connectivity index (χ1v) is 7.78. The van der Waals surface area contributed by atoms with E-state index in [0.717, 1.165) is 11.3 Å². The highest BCUT2D eigenvalue weighted by atomic mass is 32.2. The predicted molar refractivity (Wildman–Crippen MR) is 91.3 cm³/mol. The normalized spacial score (nSPS) is 15.0. The molecule has 1 N–H and O–H groups in total. The quantitative estimate of drug-likeness (QED) is 0.523. The molecule has 0 bridgehead atoms. The van der Waals surface area contributed by atoms with Gasteiger partial charge in [0.25, 0.3) is 5.91 Å². The van der Waals surface area contributed by atoms with Gasteiger partial charge in [0.1, 0.15) is 5.75 Å². The lowest BCUT2D eigenvalue weighted by Crippen LogP contribution is -2.31. The van der Waals surface area contributed by atoms with Crippen molar-refractivity contribution in [2.24, 2.45) is 5.10 Å². The second-order valence-corrected chi connectivity index (χ2v) is 5.63. The minimum Gasteiger partial charge on any atom is -0.497 e. The highest BCUT2D eigenvalue weighted by Gasteiger charge is 2.33. The summed E-state index contributed by atoms with van der Waals surface area (Å²) in [6.45, 7) is 4.10. The molecule has 0 atom stereocenters. The van der Waals surface area contributed by atoms with E-state index in [1.165, 1.54) is 11.8 Å². The largest absolute Gasteiger partial charge is 0.497 e. The van der Waals surface area contributed by atoms with Crippen LogP contribution in [-0.2, 0) is 4.79 Å². The third-order valence-corrected chi connectivity index (χ3v) is 4.01. The molecule has 1 heterocycles. The summed E-state index contributed by atoms with van der Waals surface area (Å²) in [5, 5.41) is 4.15. The maximum Gasteiger partial charge on any atom is 0.279 e. The summed E-state index contributed by atoms with van der Waals surface area (Å²) in [7, 11) is 1.58. The van der Waals surface area contributed by atoms with Crippen LogP contribution in [0.1, 0.15) is 5.56 Å². The zero-order valence-corrected chi connectivity index (χ0v) is 13.4. The van der Waals surface area contributed by atoms with Crippen LogP contribution in [0, 0.1) is 0 Å². The zero-order chi connectivity index (χ0) is 15.4. The van der Waals surface area contributed by atoms with Gasteiger partial charge in [-0.2, -0.15) is 5.10 Å². The Morgan fingerprint density at radius 2 is 2.38 bits per heavy atom. The molecule has 0 aromatic heterocycles. The van der Waals surface area contributed by atoms with E-state index in [0.29, 0.717) is 22.3 Å². The van der Waals surface area contributed by atoms with E-state index in [2.05, 4.69) is 17.1 Å². The van der Waals surface area contributed by atoms with Gasteiger partial charge in [-0.15, -0.1) is 6.58 Å². The molecule has 110 valence electrons. The number of carbonyl (C=O) groups is 1. The van der Waals surface area contributed by atoms with Gasteiger partial charge in [0.2, 0.25) is 0 Å². The molecule has 0 saturated carbocycles. The molecular weight excluding hydrogens is 306 g/mol. The third kappa shape index (κ3) is 3.08. The number of anilines is 1. The number of carbonyl (C=O) groups excluding carboxylic acids is 1. The lowest BCUT2D eigenvalue weighted by atomic mass is 10.1. The molecular formula is C14H15N3O2S2. The fourth-order valence-corrected chi connectivity index (χ4v) is 2.17. The van der Waals surface area contributed by atoms with Gasteiger partial charge in [0, 0.05) is 12.1 Å². The van der Waals surface area contributed by atoms with Crippen molar-refractivity contribution in [3.05, 3.63) is 36.4 Å². The molecule has 0 radical (unpaired) electrons. The molecule has 2 rings (SSSR count). The van der Waals surface area contributed by atoms with Crippen molar-refractivity contribution >= 4 is 45.6 Å². The van der Waals surface area contributed by atoms with E-state index >= 15 is 0 Å². The van der Waals surface area contributed by atoms with Crippen LogP contribution >= 0.6 is 24.0 Å².